The van der Waals surface area contributed by atoms with E-state index in [1.165, 1.54) is 0 Å². The highest BCUT2D eigenvalue weighted by Crippen LogP contribution is 2.18. The maximum Gasteiger partial charge on any atom is 0.162 e. The van der Waals surface area contributed by atoms with Gasteiger partial charge in [0.15, 0.2) is 5.82 Å². The Labute approximate surface area is 112 Å². The average molecular weight is 246 g/mol. The van der Waals surface area contributed by atoms with Crippen LogP contribution in [0.3, 0.4) is 0 Å². The summed E-state index contributed by atoms with van der Waals surface area (Å²) >= 11 is 0. The summed E-state index contributed by atoms with van der Waals surface area (Å²) in [7, 11) is 0. The molecule has 3 aromatic rings. The monoisotopic (exact) mass is 246 g/mol. The fourth-order valence-electron chi connectivity index (χ4n) is 1.78. The first-order valence-corrected chi connectivity index (χ1v) is 6.04. The van der Waals surface area contributed by atoms with Crippen molar-refractivity contribution in [2.75, 3.05) is 5.32 Å². The fourth-order valence-corrected chi connectivity index (χ4v) is 1.78. The third-order valence-electron chi connectivity index (χ3n) is 2.68. The molecule has 91 valence electrons. The number of hydrogen-bond acceptors (Lipinski definition) is 3. The molecule has 0 fully saturated rings. The minimum atomic E-state index is 0.668. The molecule has 0 atom stereocenters. The van der Waals surface area contributed by atoms with Crippen molar-refractivity contribution >= 4 is 11.5 Å². The smallest absolute Gasteiger partial charge is 0.162 e. The molecule has 1 aromatic heterocycles. The summed E-state index contributed by atoms with van der Waals surface area (Å²) in [5.41, 5.74) is 1.98. The Balaban J connectivity index is 1.89. The first kappa shape index (κ1) is 11.4. The SMILES string of the molecule is [c]1cc(Nc2ccccc2)nc(-c2ccccc2)n1. The molecule has 0 bridgehead atoms. The summed E-state index contributed by atoms with van der Waals surface area (Å²) in [6.07, 6.45) is 2.87. The highest BCUT2D eigenvalue weighted by atomic mass is 15.0. The molecule has 1 radical (unpaired) electrons. The summed E-state index contributed by atoms with van der Waals surface area (Å²) in [5.74, 6) is 1.40. The van der Waals surface area contributed by atoms with Crippen LogP contribution < -0.4 is 5.32 Å². The van der Waals surface area contributed by atoms with E-state index in [0.717, 1.165) is 17.1 Å². The van der Waals surface area contributed by atoms with Crippen LogP contribution in [0.5, 0.6) is 0 Å². The van der Waals surface area contributed by atoms with E-state index in [-0.39, 0.29) is 0 Å². The lowest BCUT2D eigenvalue weighted by Crippen LogP contribution is -1.96. The third-order valence-corrected chi connectivity index (χ3v) is 2.68. The van der Waals surface area contributed by atoms with E-state index in [0.29, 0.717) is 5.82 Å². The van der Waals surface area contributed by atoms with E-state index in [9.17, 15) is 0 Å². The summed E-state index contributed by atoms with van der Waals surface area (Å²) < 4.78 is 0. The Hall–Kier alpha value is -2.68. The third kappa shape index (κ3) is 2.77. The van der Waals surface area contributed by atoms with Crippen molar-refractivity contribution in [3.05, 3.63) is 72.9 Å². The van der Waals surface area contributed by atoms with Gasteiger partial charge in [0.2, 0.25) is 0 Å². The van der Waals surface area contributed by atoms with Crippen molar-refractivity contribution in [3.8, 4) is 11.4 Å². The van der Waals surface area contributed by atoms with Gasteiger partial charge in [-0.25, -0.2) is 9.97 Å². The Morgan fingerprint density at radius 2 is 1.53 bits per heavy atom. The van der Waals surface area contributed by atoms with Crippen molar-refractivity contribution < 1.29 is 0 Å². The van der Waals surface area contributed by atoms with Crippen LogP contribution in [0.25, 0.3) is 11.4 Å². The lowest BCUT2D eigenvalue weighted by atomic mass is 10.2. The van der Waals surface area contributed by atoms with E-state index in [2.05, 4.69) is 21.5 Å². The van der Waals surface area contributed by atoms with Gasteiger partial charge in [-0.3, -0.25) is 0 Å². The second-order valence-electron chi connectivity index (χ2n) is 4.06. The Bertz CT molecular complexity index is 651. The number of rotatable bonds is 3. The summed E-state index contributed by atoms with van der Waals surface area (Å²) in [4.78, 5) is 8.66. The quantitative estimate of drug-likeness (QED) is 0.766. The van der Waals surface area contributed by atoms with Crippen LogP contribution >= 0.6 is 0 Å². The molecule has 0 unspecified atom stereocenters. The van der Waals surface area contributed by atoms with Crippen LogP contribution in [0.4, 0.5) is 11.5 Å². The van der Waals surface area contributed by atoms with Crippen LogP contribution in [0.15, 0.2) is 66.7 Å². The largest absolute Gasteiger partial charge is 0.340 e. The van der Waals surface area contributed by atoms with E-state index < -0.39 is 0 Å². The lowest BCUT2D eigenvalue weighted by Gasteiger charge is -2.06. The molecule has 0 aliphatic heterocycles. The first-order chi connectivity index (χ1) is 9.42. The molecule has 1 heterocycles. The van der Waals surface area contributed by atoms with E-state index in [4.69, 9.17) is 0 Å². The second-order valence-corrected chi connectivity index (χ2v) is 4.06. The van der Waals surface area contributed by atoms with Crippen LogP contribution in [-0.4, -0.2) is 9.97 Å². The number of aromatic nitrogens is 2. The van der Waals surface area contributed by atoms with Gasteiger partial charge in [-0.05, 0) is 12.1 Å². The molecule has 3 nitrogen and oxygen atoms in total. The standard InChI is InChI=1S/C16H12N3/c1-3-7-13(8-4-1)16-17-12-11-15(19-16)18-14-9-5-2-6-10-14/h1-11H,(H,17,18,19). The maximum absolute atomic E-state index is 4.48. The van der Waals surface area contributed by atoms with Gasteiger partial charge in [-0.2, -0.15) is 0 Å². The first-order valence-electron chi connectivity index (χ1n) is 6.04. The molecule has 0 amide bonds. The molecule has 0 aliphatic carbocycles. The highest BCUT2D eigenvalue weighted by Gasteiger charge is 2.02. The Kier molecular flexibility index (Phi) is 3.19. The van der Waals surface area contributed by atoms with Crippen molar-refractivity contribution in [2.45, 2.75) is 0 Å². The Morgan fingerprint density at radius 3 is 2.26 bits per heavy atom. The van der Waals surface area contributed by atoms with Gasteiger partial charge in [0.25, 0.3) is 0 Å². The van der Waals surface area contributed by atoms with Gasteiger partial charge in [0, 0.05) is 17.3 Å². The topological polar surface area (TPSA) is 37.8 Å². The molecule has 0 saturated carbocycles. The van der Waals surface area contributed by atoms with Crippen LogP contribution in [0.2, 0.25) is 0 Å². The van der Waals surface area contributed by atoms with Crippen molar-refractivity contribution in [2.24, 2.45) is 0 Å². The zero-order valence-corrected chi connectivity index (χ0v) is 10.2. The number of nitrogens with zero attached hydrogens (tertiary/aromatic N) is 2. The van der Waals surface area contributed by atoms with Crippen molar-refractivity contribution in [1.29, 1.82) is 0 Å². The Morgan fingerprint density at radius 1 is 0.842 bits per heavy atom. The van der Waals surface area contributed by atoms with E-state index >= 15 is 0 Å². The van der Waals surface area contributed by atoms with Gasteiger partial charge >= 0.3 is 0 Å². The molecular weight excluding hydrogens is 234 g/mol. The van der Waals surface area contributed by atoms with Gasteiger partial charge in [-0.15, -0.1) is 0 Å². The number of benzene rings is 2. The van der Waals surface area contributed by atoms with Gasteiger partial charge in [-0.1, -0.05) is 48.5 Å². The van der Waals surface area contributed by atoms with Crippen molar-refractivity contribution in [3.63, 3.8) is 0 Å². The number of anilines is 2. The molecule has 1 N–H and O–H groups in total. The average Bonchev–Trinajstić information content (AvgIpc) is 2.49. The van der Waals surface area contributed by atoms with Crippen molar-refractivity contribution in [1.82, 2.24) is 9.97 Å². The second kappa shape index (κ2) is 5.31. The number of para-hydroxylation sites is 1. The zero-order chi connectivity index (χ0) is 12.9. The minimum absolute atomic E-state index is 0.668. The lowest BCUT2D eigenvalue weighted by molar-refractivity contribution is 1.17. The van der Waals surface area contributed by atoms with E-state index in [1.54, 1.807) is 6.07 Å². The van der Waals surface area contributed by atoms with Crippen LogP contribution in [0, 0.1) is 6.20 Å². The molecule has 3 heteroatoms. The zero-order valence-electron chi connectivity index (χ0n) is 10.2. The molecule has 0 aliphatic rings. The van der Waals surface area contributed by atoms with Gasteiger partial charge < -0.3 is 5.32 Å². The van der Waals surface area contributed by atoms with Gasteiger partial charge in [0.05, 0.1) is 6.20 Å². The normalized spacial score (nSPS) is 10.1. The molecule has 19 heavy (non-hydrogen) atoms. The number of hydrogen-bond donors (Lipinski definition) is 1. The molecule has 2 aromatic carbocycles. The summed E-state index contributed by atoms with van der Waals surface area (Å²) in [5, 5.41) is 3.23. The molecular formula is C16H12N3. The summed E-state index contributed by atoms with van der Waals surface area (Å²) in [6, 6.07) is 21.5. The molecule has 0 spiro atoms. The summed E-state index contributed by atoms with van der Waals surface area (Å²) in [6.45, 7) is 0. The minimum Gasteiger partial charge on any atom is -0.340 e. The van der Waals surface area contributed by atoms with Gasteiger partial charge in [0.1, 0.15) is 5.82 Å². The molecule has 3 rings (SSSR count). The molecule has 0 saturated heterocycles. The van der Waals surface area contributed by atoms with Crippen LogP contribution in [-0.2, 0) is 0 Å². The predicted octanol–water partition coefficient (Wildman–Crippen LogP) is 3.69. The van der Waals surface area contributed by atoms with Crippen LogP contribution in [0.1, 0.15) is 0 Å². The predicted molar refractivity (Wildman–Crippen MR) is 76.0 cm³/mol. The van der Waals surface area contributed by atoms with E-state index in [1.807, 2.05) is 60.7 Å². The fraction of sp³-hybridized carbons (Fsp3) is 0. The number of nitrogens with one attached hydrogen (secondary N) is 1. The maximum atomic E-state index is 4.48. The highest BCUT2D eigenvalue weighted by molar-refractivity contribution is 5.60.